The third kappa shape index (κ3) is 5.85. The van der Waals surface area contributed by atoms with Crippen LogP contribution in [0.1, 0.15) is 13.8 Å². The molecule has 0 heterocycles. The number of hydrogen-bond donors (Lipinski definition) is 1. The van der Waals surface area contributed by atoms with E-state index in [9.17, 15) is 9.59 Å². The molecule has 0 saturated heterocycles. The maximum absolute atomic E-state index is 11.4. The topological polar surface area (TPSA) is 64.6 Å². The molecule has 0 unspecified atom stereocenters. The van der Waals surface area contributed by atoms with Crippen molar-refractivity contribution in [2.75, 3.05) is 19.8 Å². The number of nitrogens with one attached hydrogen (secondary N) is 1. The first-order valence-electron chi connectivity index (χ1n) is 5.06. The van der Waals surface area contributed by atoms with E-state index >= 15 is 0 Å². The molecular weight excluding hydrogens is 210 g/mol. The highest BCUT2D eigenvalue weighted by Crippen LogP contribution is 1.96. The van der Waals surface area contributed by atoms with Crippen molar-refractivity contribution in [3.8, 4) is 0 Å². The second-order valence-electron chi connectivity index (χ2n) is 2.70. The summed E-state index contributed by atoms with van der Waals surface area (Å²) in [6, 6.07) is 0. The summed E-state index contributed by atoms with van der Waals surface area (Å²) in [6.45, 7) is 7.74. The third-order valence-corrected chi connectivity index (χ3v) is 1.48. The quantitative estimate of drug-likeness (QED) is 0.395. The van der Waals surface area contributed by atoms with E-state index in [0.29, 0.717) is 6.54 Å². The van der Waals surface area contributed by atoms with Crippen LogP contribution in [0.5, 0.6) is 0 Å². The molecule has 0 aliphatic rings. The number of esters is 2. The van der Waals surface area contributed by atoms with Gasteiger partial charge in [-0.25, -0.2) is 9.59 Å². The number of rotatable bonds is 7. The Bertz CT molecular complexity index is 284. The van der Waals surface area contributed by atoms with Crippen LogP contribution in [0, 0.1) is 0 Å². The average molecular weight is 227 g/mol. The van der Waals surface area contributed by atoms with Crippen LogP contribution in [0.15, 0.2) is 24.4 Å². The third-order valence-electron chi connectivity index (χ3n) is 1.48. The highest BCUT2D eigenvalue weighted by Gasteiger charge is 2.11. The van der Waals surface area contributed by atoms with Gasteiger partial charge in [-0.05, 0) is 13.8 Å². The van der Waals surface area contributed by atoms with E-state index in [2.05, 4.69) is 11.9 Å². The van der Waals surface area contributed by atoms with Crippen molar-refractivity contribution in [2.24, 2.45) is 0 Å². The van der Waals surface area contributed by atoms with Crippen molar-refractivity contribution in [1.82, 2.24) is 5.32 Å². The van der Waals surface area contributed by atoms with Crippen LogP contribution in [0.3, 0.4) is 0 Å². The van der Waals surface area contributed by atoms with E-state index in [4.69, 9.17) is 9.47 Å². The Labute approximate surface area is 95.1 Å². The fourth-order valence-electron chi connectivity index (χ4n) is 0.875. The molecule has 16 heavy (non-hydrogen) atoms. The molecule has 0 atom stereocenters. The monoisotopic (exact) mass is 227 g/mol. The lowest BCUT2D eigenvalue weighted by Crippen LogP contribution is -2.24. The van der Waals surface area contributed by atoms with E-state index in [1.807, 2.05) is 0 Å². The molecule has 0 aliphatic carbocycles. The van der Waals surface area contributed by atoms with Gasteiger partial charge in [-0.2, -0.15) is 0 Å². The first-order valence-corrected chi connectivity index (χ1v) is 5.06. The summed E-state index contributed by atoms with van der Waals surface area (Å²) >= 11 is 0. The molecule has 0 aromatic rings. The standard InChI is InChI=1S/C11H17NO4/c1-4-7-12-9(11(14)16-6-3)8-10(13)15-5-2/h4,8,12H,1,5-7H2,2-3H3/b9-8-. The first-order chi connectivity index (χ1) is 7.65. The lowest BCUT2D eigenvalue weighted by atomic mass is 10.4. The molecule has 1 N–H and O–H groups in total. The maximum atomic E-state index is 11.4. The van der Waals surface area contributed by atoms with Crippen molar-refractivity contribution >= 4 is 11.9 Å². The Kier molecular flexibility index (Phi) is 7.57. The summed E-state index contributed by atoms with van der Waals surface area (Å²) in [5.74, 6) is -1.17. The van der Waals surface area contributed by atoms with Gasteiger partial charge >= 0.3 is 11.9 Å². The summed E-state index contributed by atoms with van der Waals surface area (Å²) in [5, 5.41) is 2.71. The molecule has 90 valence electrons. The van der Waals surface area contributed by atoms with E-state index in [1.165, 1.54) is 0 Å². The first kappa shape index (κ1) is 14.2. The van der Waals surface area contributed by atoms with E-state index in [0.717, 1.165) is 6.08 Å². The van der Waals surface area contributed by atoms with Gasteiger partial charge in [-0.3, -0.25) is 0 Å². The Balaban J connectivity index is 4.56. The molecule has 0 bridgehead atoms. The second kappa shape index (κ2) is 8.52. The van der Waals surface area contributed by atoms with Crippen LogP contribution in [-0.4, -0.2) is 31.7 Å². The van der Waals surface area contributed by atoms with Gasteiger partial charge in [0.1, 0.15) is 5.70 Å². The predicted octanol–water partition coefficient (Wildman–Crippen LogP) is 0.772. The molecule has 5 nitrogen and oxygen atoms in total. The Morgan fingerprint density at radius 2 is 1.88 bits per heavy atom. The summed E-state index contributed by atoms with van der Waals surface area (Å²) in [6.07, 6.45) is 2.64. The molecule has 0 aliphatic heterocycles. The van der Waals surface area contributed by atoms with Crippen molar-refractivity contribution in [2.45, 2.75) is 13.8 Å². The SMILES string of the molecule is C=CCN/C(=C\C(=O)OCC)C(=O)OCC. The normalized spacial score (nSPS) is 10.5. The summed E-state index contributed by atoms with van der Waals surface area (Å²) in [5.41, 5.74) is 0.0696. The minimum atomic E-state index is -0.586. The molecule has 0 rings (SSSR count). The van der Waals surface area contributed by atoms with Gasteiger partial charge in [0.25, 0.3) is 0 Å². The zero-order valence-electron chi connectivity index (χ0n) is 9.62. The number of carbonyl (C=O) groups excluding carboxylic acids is 2. The molecular formula is C11H17NO4. The molecule has 0 aromatic carbocycles. The van der Waals surface area contributed by atoms with Crippen LogP contribution in [0.25, 0.3) is 0 Å². The highest BCUT2D eigenvalue weighted by atomic mass is 16.5. The average Bonchev–Trinajstić information content (AvgIpc) is 2.24. The highest BCUT2D eigenvalue weighted by molar-refractivity contribution is 5.95. The van der Waals surface area contributed by atoms with Gasteiger partial charge < -0.3 is 14.8 Å². The van der Waals surface area contributed by atoms with Gasteiger partial charge in [0.2, 0.25) is 0 Å². The van der Waals surface area contributed by atoms with Crippen molar-refractivity contribution < 1.29 is 19.1 Å². The largest absolute Gasteiger partial charge is 0.463 e. The van der Waals surface area contributed by atoms with Crippen LogP contribution >= 0.6 is 0 Å². The molecule has 5 heteroatoms. The Morgan fingerprint density at radius 1 is 1.25 bits per heavy atom. The van der Waals surface area contributed by atoms with Crippen molar-refractivity contribution in [3.63, 3.8) is 0 Å². The van der Waals surface area contributed by atoms with Gasteiger partial charge in [0.15, 0.2) is 0 Å². The zero-order valence-corrected chi connectivity index (χ0v) is 9.62. The number of carbonyl (C=O) groups is 2. The van der Waals surface area contributed by atoms with Crippen LogP contribution < -0.4 is 5.32 Å². The number of ether oxygens (including phenoxy) is 2. The fraction of sp³-hybridized carbons (Fsp3) is 0.455. The number of hydrogen-bond acceptors (Lipinski definition) is 5. The van der Waals surface area contributed by atoms with Gasteiger partial charge in [-0.15, -0.1) is 6.58 Å². The molecule has 0 aromatic heterocycles. The molecule has 0 fully saturated rings. The Hall–Kier alpha value is -1.78. The summed E-state index contributed by atoms with van der Waals surface area (Å²) in [7, 11) is 0. The molecule has 0 saturated carbocycles. The van der Waals surface area contributed by atoms with Crippen LogP contribution in [-0.2, 0) is 19.1 Å². The van der Waals surface area contributed by atoms with E-state index in [1.54, 1.807) is 19.9 Å². The Morgan fingerprint density at radius 3 is 2.38 bits per heavy atom. The molecule has 0 amide bonds. The van der Waals surface area contributed by atoms with Crippen LogP contribution in [0.4, 0.5) is 0 Å². The smallest absolute Gasteiger partial charge is 0.354 e. The zero-order chi connectivity index (χ0) is 12.4. The maximum Gasteiger partial charge on any atom is 0.354 e. The summed E-state index contributed by atoms with van der Waals surface area (Å²) < 4.78 is 9.46. The van der Waals surface area contributed by atoms with Crippen LogP contribution in [0.2, 0.25) is 0 Å². The lowest BCUT2D eigenvalue weighted by Gasteiger charge is -2.07. The summed E-state index contributed by atoms with van der Waals surface area (Å²) in [4.78, 5) is 22.5. The van der Waals surface area contributed by atoms with E-state index < -0.39 is 11.9 Å². The molecule has 0 radical (unpaired) electrons. The van der Waals surface area contributed by atoms with Crippen molar-refractivity contribution in [3.05, 3.63) is 24.4 Å². The fourth-order valence-corrected chi connectivity index (χ4v) is 0.875. The van der Waals surface area contributed by atoms with Gasteiger partial charge in [0.05, 0.1) is 19.3 Å². The lowest BCUT2D eigenvalue weighted by molar-refractivity contribution is -0.141. The van der Waals surface area contributed by atoms with E-state index in [-0.39, 0.29) is 18.9 Å². The molecule has 0 spiro atoms. The second-order valence-corrected chi connectivity index (χ2v) is 2.70. The van der Waals surface area contributed by atoms with Gasteiger partial charge in [-0.1, -0.05) is 6.08 Å². The predicted molar refractivity (Wildman–Crippen MR) is 59.5 cm³/mol. The van der Waals surface area contributed by atoms with Gasteiger partial charge in [0, 0.05) is 6.54 Å². The minimum absolute atomic E-state index is 0.0696. The minimum Gasteiger partial charge on any atom is -0.463 e. The van der Waals surface area contributed by atoms with Crippen molar-refractivity contribution in [1.29, 1.82) is 0 Å².